The average Bonchev–Trinajstić information content (AvgIpc) is 2.67. The van der Waals surface area contributed by atoms with Crippen molar-refractivity contribution in [1.29, 1.82) is 0 Å². The van der Waals surface area contributed by atoms with Crippen molar-refractivity contribution in [3.05, 3.63) is 103 Å². The summed E-state index contributed by atoms with van der Waals surface area (Å²) in [7, 11) is 0. The summed E-state index contributed by atoms with van der Waals surface area (Å²) in [5.74, 6) is 0.904. The van der Waals surface area contributed by atoms with Crippen LogP contribution in [0.4, 0.5) is 0 Å². The zero-order chi connectivity index (χ0) is 16.2. The van der Waals surface area contributed by atoms with Crippen LogP contribution in [0.2, 0.25) is 0 Å². The molecule has 0 amide bonds. The fourth-order valence-corrected chi connectivity index (χ4v) is 2.85. The molecule has 0 N–H and O–H groups in total. The fourth-order valence-electron chi connectivity index (χ4n) is 2.85. The van der Waals surface area contributed by atoms with Crippen LogP contribution in [0.25, 0.3) is 21.9 Å². The molecule has 0 aliphatic heterocycles. The van der Waals surface area contributed by atoms with Crippen LogP contribution in [-0.2, 0) is 6.61 Å². The zero-order valence-corrected chi connectivity index (χ0v) is 13.4. The van der Waals surface area contributed by atoms with Crippen LogP contribution in [-0.4, -0.2) is 0 Å². The van der Waals surface area contributed by atoms with Crippen LogP contribution >= 0.6 is 0 Å². The minimum Gasteiger partial charge on any atom is -0.489 e. The van der Waals surface area contributed by atoms with Crippen molar-refractivity contribution in [3.8, 4) is 16.9 Å². The van der Waals surface area contributed by atoms with Gasteiger partial charge in [-0.25, -0.2) is 0 Å². The summed E-state index contributed by atoms with van der Waals surface area (Å²) in [4.78, 5) is 0. The Morgan fingerprint density at radius 2 is 1.21 bits per heavy atom. The van der Waals surface area contributed by atoms with Crippen molar-refractivity contribution < 1.29 is 4.74 Å². The molecule has 0 atom stereocenters. The number of hydrogen-bond donors (Lipinski definition) is 0. The Morgan fingerprint density at radius 1 is 0.542 bits per heavy atom. The second-order valence-corrected chi connectivity index (χ2v) is 5.86. The highest BCUT2D eigenvalue weighted by atomic mass is 16.5. The van der Waals surface area contributed by atoms with Gasteiger partial charge in [0, 0.05) is 0 Å². The summed E-state index contributed by atoms with van der Waals surface area (Å²) in [6.07, 6.45) is 0. The Labute approximate surface area is 142 Å². The van der Waals surface area contributed by atoms with Crippen molar-refractivity contribution in [2.75, 3.05) is 0 Å². The van der Waals surface area contributed by atoms with Gasteiger partial charge in [0.2, 0.25) is 0 Å². The molecule has 1 nitrogen and oxygen atoms in total. The van der Waals surface area contributed by atoms with Crippen molar-refractivity contribution in [3.63, 3.8) is 0 Å². The minimum atomic E-state index is 0.577. The van der Waals surface area contributed by atoms with E-state index in [1.54, 1.807) is 0 Å². The molecule has 0 fully saturated rings. The van der Waals surface area contributed by atoms with Crippen molar-refractivity contribution in [1.82, 2.24) is 0 Å². The van der Waals surface area contributed by atoms with Crippen LogP contribution in [0.5, 0.6) is 5.75 Å². The molecule has 4 rings (SSSR count). The van der Waals surface area contributed by atoms with Crippen molar-refractivity contribution in [2.45, 2.75) is 6.61 Å². The number of ether oxygens (including phenoxy) is 1. The predicted molar refractivity (Wildman–Crippen MR) is 100 cm³/mol. The van der Waals surface area contributed by atoms with Gasteiger partial charge in [-0.05, 0) is 39.6 Å². The van der Waals surface area contributed by atoms with Gasteiger partial charge in [-0.1, -0.05) is 84.9 Å². The first kappa shape index (κ1) is 14.5. The molecule has 0 aromatic heterocycles. The van der Waals surface area contributed by atoms with Crippen LogP contribution < -0.4 is 4.74 Å². The Morgan fingerprint density at radius 3 is 2.00 bits per heavy atom. The highest BCUT2D eigenvalue weighted by molar-refractivity contribution is 5.83. The van der Waals surface area contributed by atoms with Gasteiger partial charge in [-0.15, -0.1) is 0 Å². The van der Waals surface area contributed by atoms with Gasteiger partial charge in [-0.2, -0.15) is 0 Å². The van der Waals surface area contributed by atoms with Gasteiger partial charge in [0.25, 0.3) is 0 Å². The van der Waals surface area contributed by atoms with E-state index in [4.69, 9.17) is 4.74 Å². The van der Waals surface area contributed by atoms with E-state index in [1.807, 2.05) is 12.1 Å². The highest BCUT2D eigenvalue weighted by Gasteiger charge is 2.00. The normalized spacial score (nSPS) is 10.7. The van der Waals surface area contributed by atoms with Crippen LogP contribution in [0.3, 0.4) is 0 Å². The summed E-state index contributed by atoms with van der Waals surface area (Å²) in [5, 5.41) is 2.44. The van der Waals surface area contributed by atoms with Crippen molar-refractivity contribution in [2.24, 2.45) is 0 Å². The molecule has 0 aliphatic rings. The van der Waals surface area contributed by atoms with Crippen LogP contribution in [0.1, 0.15) is 5.56 Å². The largest absolute Gasteiger partial charge is 0.489 e. The number of fused-ring (bicyclic) bond motifs is 1. The van der Waals surface area contributed by atoms with Gasteiger partial charge in [0.1, 0.15) is 12.4 Å². The van der Waals surface area contributed by atoms with E-state index in [0.717, 1.165) is 5.75 Å². The minimum absolute atomic E-state index is 0.577. The van der Waals surface area contributed by atoms with Gasteiger partial charge < -0.3 is 4.74 Å². The molecular formula is C23H18O. The van der Waals surface area contributed by atoms with E-state index >= 15 is 0 Å². The van der Waals surface area contributed by atoms with E-state index in [2.05, 4.69) is 84.9 Å². The second-order valence-electron chi connectivity index (χ2n) is 5.86. The maximum Gasteiger partial charge on any atom is 0.120 e. The summed E-state index contributed by atoms with van der Waals surface area (Å²) in [5.41, 5.74) is 3.63. The first-order valence-electron chi connectivity index (χ1n) is 8.14. The van der Waals surface area contributed by atoms with E-state index in [-0.39, 0.29) is 0 Å². The van der Waals surface area contributed by atoms with E-state index in [1.165, 1.54) is 27.5 Å². The molecular weight excluding hydrogens is 292 g/mol. The molecule has 0 spiro atoms. The smallest absolute Gasteiger partial charge is 0.120 e. The van der Waals surface area contributed by atoms with Gasteiger partial charge in [0.05, 0.1) is 0 Å². The molecule has 0 bridgehead atoms. The molecule has 1 heteroatoms. The summed E-state index contributed by atoms with van der Waals surface area (Å²) in [6.45, 7) is 0.577. The number of rotatable bonds is 4. The molecule has 24 heavy (non-hydrogen) atoms. The van der Waals surface area contributed by atoms with Crippen LogP contribution in [0, 0.1) is 0 Å². The quantitative estimate of drug-likeness (QED) is 0.443. The Balaban J connectivity index is 1.47. The van der Waals surface area contributed by atoms with E-state index in [0.29, 0.717) is 6.61 Å². The maximum atomic E-state index is 5.95. The lowest BCUT2D eigenvalue weighted by atomic mass is 10.0. The predicted octanol–water partition coefficient (Wildman–Crippen LogP) is 6.09. The SMILES string of the molecule is c1ccc(-c2ccc(COc3ccc4ccccc4c3)cc2)cc1. The standard InChI is InChI=1S/C23H18O/c1-2-6-19(7-3-1)21-12-10-18(11-13-21)17-24-23-15-14-20-8-4-5-9-22(20)16-23/h1-16H,17H2. The molecule has 0 aliphatic carbocycles. The summed E-state index contributed by atoms with van der Waals surface area (Å²) >= 11 is 0. The Bertz CT molecular complexity index is 940. The molecule has 116 valence electrons. The molecule has 4 aromatic carbocycles. The molecule has 0 unspecified atom stereocenters. The topological polar surface area (TPSA) is 9.23 Å². The number of hydrogen-bond acceptors (Lipinski definition) is 1. The third-order valence-electron chi connectivity index (χ3n) is 4.19. The second kappa shape index (κ2) is 6.59. The first-order chi connectivity index (χ1) is 11.9. The maximum absolute atomic E-state index is 5.95. The van der Waals surface area contributed by atoms with Crippen LogP contribution in [0.15, 0.2) is 97.1 Å². The number of benzene rings is 4. The molecule has 4 aromatic rings. The first-order valence-corrected chi connectivity index (χ1v) is 8.14. The lowest BCUT2D eigenvalue weighted by Crippen LogP contribution is -1.95. The summed E-state index contributed by atoms with van der Waals surface area (Å²) < 4.78 is 5.95. The lowest BCUT2D eigenvalue weighted by Gasteiger charge is -2.08. The molecule has 0 heterocycles. The average molecular weight is 310 g/mol. The highest BCUT2D eigenvalue weighted by Crippen LogP contribution is 2.23. The fraction of sp³-hybridized carbons (Fsp3) is 0.0435. The summed E-state index contributed by atoms with van der Waals surface area (Å²) in [6, 6.07) is 33.5. The van der Waals surface area contributed by atoms with Crippen molar-refractivity contribution >= 4 is 10.8 Å². The zero-order valence-electron chi connectivity index (χ0n) is 13.4. The third kappa shape index (κ3) is 3.16. The third-order valence-corrected chi connectivity index (χ3v) is 4.19. The Kier molecular flexibility index (Phi) is 3.99. The van der Waals surface area contributed by atoms with E-state index in [9.17, 15) is 0 Å². The van der Waals surface area contributed by atoms with Gasteiger partial charge in [-0.3, -0.25) is 0 Å². The molecule has 0 saturated heterocycles. The molecule has 0 radical (unpaired) electrons. The van der Waals surface area contributed by atoms with Gasteiger partial charge in [0.15, 0.2) is 0 Å². The lowest BCUT2D eigenvalue weighted by molar-refractivity contribution is 0.306. The van der Waals surface area contributed by atoms with Gasteiger partial charge >= 0.3 is 0 Å². The monoisotopic (exact) mass is 310 g/mol. The molecule has 0 saturated carbocycles. The Hall–Kier alpha value is -3.06. The van der Waals surface area contributed by atoms with E-state index < -0.39 is 0 Å².